The number of nitrogens with zero attached hydrogens (tertiary/aromatic N) is 1. The third-order valence-corrected chi connectivity index (χ3v) is 4.15. The molecule has 1 N–H and O–H groups in total. The van der Waals surface area contributed by atoms with Crippen molar-refractivity contribution in [1.29, 1.82) is 0 Å². The van der Waals surface area contributed by atoms with E-state index in [9.17, 15) is 0 Å². The molecule has 1 aliphatic heterocycles. The Labute approximate surface area is 122 Å². The zero-order valence-corrected chi connectivity index (χ0v) is 12.8. The van der Waals surface area contributed by atoms with E-state index in [-0.39, 0.29) is 0 Å². The molecule has 3 heteroatoms. The molecular formula is C16H25ClN2. The lowest BCUT2D eigenvalue weighted by Gasteiger charge is -2.33. The Balaban J connectivity index is 2.10. The van der Waals surface area contributed by atoms with Crippen molar-refractivity contribution in [1.82, 2.24) is 5.32 Å². The lowest BCUT2D eigenvalue weighted by atomic mass is 9.98. The van der Waals surface area contributed by atoms with E-state index in [0.29, 0.717) is 0 Å². The van der Waals surface area contributed by atoms with Crippen molar-refractivity contribution >= 4 is 17.3 Å². The third kappa shape index (κ3) is 4.12. The average Bonchev–Trinajstić information content (AvgIpc) is 2.41. The topological polar surface area (TPSA) is 15.3 Å². The molecule has 0 aliphatic carbocycles. The van der Waals surface area contributed by atoms with Crippen LogP contribution in [0.25, 0.3) is 0 Å². The van der Waals surface area contributed by atoms with Gasteiger partial charge in [0, 0.05) is 30.3 Å². The molecule has 1 heterocycles. The molecule has 1 aromatic rings. The fraction of sp³-hybridized carbons (Fsp3) is 0.625. The largest absolute Gasteiger partial charge is 0.371 e. The fourth-order valence-corrected chi connectivity index (χ4v) is 2.80. The molecule has 0 bridgehead atoms. The zero-order chi connectivity index (χ0) is 13.7. The van der Waals surface area contributed by atoms with Crippen LogP contribution in [0.1, 0.15) is 38.7 Å². The Kier molecular flexibility index (Phi) is 5.53. The van der Waals surface area contributed by atoms with Crippen molar-refractivity contribution in [2.45, 2.75) is 39.7 Å². The number of benzene rings is 1. The van der Waals surface area contributed by atoms with Gasteiger partial charge in [0.05, 0.1) is 0 Å². The highest BCUT2D eigenvalue weighted by atomic mass is 35.5. The Hall–Kier alpha value is -0.730. The van der Waals surface area contributed by atoms with Gasteiger partial charge in [-0.15, -0.1) is 0 Å². The number of nitrogens with one attached hydrogen (secondary N) is 1. The van der Waals surface area contributed by atoms with Crippen LogP contribution in [-0.4, -0.2) is 19.6 Å². The predicted octanol–water partition coefficient (Wildman–Crippen LogP) is 4.08. The van der Waals surface area contributed by atoms with E-state index in [0.717, 1.165) is 37.1 Å². The second-order valence-corrected chi connectivity index (χ2v) is 6.06. The summed E-state index contributed by atoms with van der Waals surface area (Å²) < 4.78 is 0. The van der Waals surface area contributed by atoms with Crippen molar-refractivity contribution in [3.63, 3.8) is 0 Å². The molecule has 0 aromatic heterocycles. The quantitative estimate of drug-likeness (QED) is 0.818. The summed E-state index contributed by atoms with van der Waals surface area (Å²) in [7, 11) is 0. The van der Waals surface area contributed by atoms with Crippen molar-refractivity contribution < 1.29 is 0 Å². The predicted molar refractivity (Wildman–Crippen MR) is 84.1 cm³/mol. The fourth-order valence-electron chi connectivity index (χ4n) is 2.63. The van der Waals surface area contributed by atoms with E-state index in [2.05, 4.69) is 36.2 Å². The first-order valence-corrected chi connectivity index (χ1v) is 7.82. The van der Waals surface area contributed by atoms with E-state index in [1.165, 1.54) is 30.5 Å². The molecule has 0 radical (unpaired) electrons. The lowest BCUT2D eigenvalue weighted by molar-refractivity contribution is 0.437. The number of hydrogen-bond acceptors (Lipinski definition) is 2. The molecular weight excluding hydrogens is 256 g/mol. The minimum atomic E-state index is 0.841. The smallest absolute Gasteiger partial charge is 0.0426 e. The summed E-state index contributed by atoms with van der Waals surface area (Å²) in [6.45, 7) is 8.86. The summed E-state index contributed by atoms with van der Waals surface area (Å²) in [5, 5.41) is 4.33. The summed E-state index contributed by atoms with van der Waals surface area (Å²) >= 11 is 6.18. The molecule has 0 spiro atoms. The standard InChI is InChI=1S/C16H25ClN2/c1-3-8-18-12-14-4-5-15(17)11-16(14)19-9-6-13(2)7-10-19/h4-5,11,13,18H,3,6-10,12H2,1-2H3. The third-order valence-electron chi connectivity index (χ3n) is 3.91. The highest BCUT2D eigenvalue weighted by Crippen LogP contribution is 2.29. The van der Waals surface area contributed by atoms with Crippen LogP contribution in [0.3, 0.4) is 0 Å². The van der Waals surface area contributed by atoms with Crippen LogP contribution in [0.5, 0.6) is 0 Å². The summed E-state index contributed by atoms with van der Waals surface area (Å²) in [5.41, 5.74) is 2.69. The van der Waals surface area contributed by atoms with E-state index < -0.39 is 0 Å². The first-order chi connectivity index (χ1) is 9.20. The number of hydrogen-bond donors (Lipinski definition) is 1. The van der Waals surface area contributed by atoms with Gasteiger partial charge in [-0.1, -0.05) is 31.5 Å². The first-order valence-electron chi connectivity index (χ1n) is 7.44. The number of anilines is 1. The van der Waals surface area contributed by atoms with Gasteiger partial charge in [-0.2, -0.15) is 0 Å². The van der Waals surface area contributed by atoms with E-state index >= 15 is 0 Å². The molecule has 1 saturated heterocycles. The van der Waals surface area contributed by atoms with Crippen molar-refractivity contribution in [3.05, 3.63) is 28.8 Å². The maximum absolute atomic E-state index is 6.18. The van der Waals surface area contributed by atoms with Gasteiger partial charge in [-0.25, -0.2) is 0 Å². The van der Waals surface area contributed by atoms with E-state index in [4.69, 9.17) is 11.6 Å². The van der Waals surface area contributed by atoms with E-state index in [1.807, 2.05) is 6.07 Å². The molecule has 106 valence electrons. The summed E-state index contributed by atoms with van der Waals surface area (Å²) in [5.74, 6) is 0.858. The molecule has 1 aromatic carbocycles. The maximum atomic E-state index is 6.18. The maximum Gasteiger partial charge on any atom is 0.0426 e. The molecule has 1 fully saturated rings. The molecule has 19 heavy (non-hydrogen) atoms. The molecule has 0 unspecified atom stereocenters. The summed E-state index contributed by atoms with van der Waals surface area (Å²) in [6.07, 6.45) is 3.74. The van der Waals surface area contributed by atoms with Crippen molar-refractivity contribution in [2.75, 3.05) is 24.5 Å². The van der Waals surface area contributed by atoms with Crippen LogP contribution in [-0.2, 0) is 6.54 Å². The molecule has 2 nitrogen and oxygen atoms in total. The summed E-state index contributed by atoms with van der Waals surface area (Å²) in [4.78, 5) is 2.49. The Morgan fingerprint density at radius 3 is 2.74 bits per heavy atom. The van der Waals surface area contributed by atoms with Crippen molar-refractivity contribution in [2.24, 2.45) is 5.92 Å². The second-order valence-electron chi connectivity index (χ2n) is 5.62. The van der Waals surface area contributed by atoms with Gasteiger partial charge in [-0.3, -0.25) is 0 Å². The lowest BCUT2D eigenvalue weighted by Crippen LogP contribution is -2.33. The molecule has 0 amide bonds. The molecule has 0 atom stereocenters. The van der Waals surface area contributed by atoms with Crippen LogP contribution >= 0.6 is 11.6 Å². The highest BCUT2D eigenvalue weighted by Gasteiger charge is 2.18. The minimum Gasteiger partial charge on any atom is -0.371 e. The van der Waals surface area contributed by atoms with Crippen LogP contribution in [0.15, 0.2) is 18.2 Å². The zero-order valence-electron chi connectivity index (χ0n) is 12.1. The van der Waals surface area contributed by atoms with Crippen LogP contribution < -0.4 is 10.2 Å². The summed E-state index contributed by atoms with van der Waals surface area (Å²) in [6, 6.07) is 6.29. The van der Waals surface area contributed by atoms with Gasteiger partial charge >= 0.3 is 0 Å². The van der Waals surface area contributed by atoms with E-state index in [1.54, 1.807) is 0 Å². The number of halogens is 1. The first kappa shape index (κ1) is 14.7. The number of rotatable bonds is 5. The highest BCUT2D eigenvalue weighted by molar-refractivity contribution is 6.30. The normalized spacial score (nSPS) is 16.9. The number of piperidine rings is 1. The van der Waals surface area contributed by atoms with Gasteiger partial charge in [0.15, 0.2) is 0 Å². The van der Waals surface area contributed by atoms with Gasteiger partial charge in [-0.05, 0) is 49.4 Å². The van der Waals surface area contributed by atoms with Crippen LogP contribution in [0.4, 0.5) is 5.69 Å². The minimum absolute atomic E-state index is 0.841. The molecule has 2 rings (SSSR count). The van der Waals surface area contributed by atoms with Crippen LogP contribution in [0, 0.1) is 5.92 Å². The van der Waals surface area contributed by atoms with Crippen molar-refractivity contribution in [3.8, 4) is 0 Å². The van der Waals surface area contributed by atoms with Gasteiger partial charge in [0.1, 0.15) is 0 Å². The van der Waals surface area contributed by atoms with Gasteiger partial charge in [0.2, 0.25) is 0 Å². The molecule has 1 aliphatic rings. The second kappa shape index (κ2) is 7.16. The SMILES string of the molecule is CCCNCc1ccc(Cl)cc1N1CCC(C)CC1. The Bertz CT molecular complexity index is 398. The Morgan fingerprint density at radius 1 is 1.32 bits per heavy atom. The van der Waals surface area contributed by atoms with Gasteiger partial charge in [0.25, 0.3) is 0 Å². The van der Waals surface area contributed by atoms with Crippen LogP contribution in [0.2, 0.25) is 5.02 Å². The van der Waals surface area contributed by atoms with Gasteiger partial charge < -0.3 is 10.2 Å². The Morgan fingerprint density at radius 2 is 2.05 bits per heavy atom. The monoisotopic (exact) mass is 280 g/mol. The molecule has 0 saturated carbocycles. The average molecular weight is 281 g/mol.